The Labute approximate surface area is 154 Å². The number of hydrogen-bond acceptors (Lipinski definition) is 6. The van der Waals surface area contributed by atoms with Gasteiger partial charge in [0, 0.05) is 37.6 Å². The number of carbonyl (C=O) groups is 1. The number of nitrogens with zero attached hydrogens (tertiary/aromatic N) is 4. The lowest BCUT2D eigenvalue weighted by Crippen LogP contribution is -2.57. The quantitative estimate of drug-likeness (QED) is 0.812. The maximum Gasteiger partial charge on any atom is 0.239 e. The number of anilines is 1. The molecular formula is C19H26N6O. The van der Waals surface area contributed by atoms with E-state index in [1.54, 1.807) is 6.20 Å². The number of hydrogen-bond donors (Lipinski definition) is 2. The zero-order valence-corrected chi connectivity index (χ0v) is 15.4. The van der Waals surface area contributed by atoms with Crippen molar-refractivity contribution in [3.05, 3.63) is 47.7 Å². The Morgan fingerprint density at radius 2 is 2.23 bits per heavy atom. The summed E-state index contributed by atoms with van der Waals surface area (Å²) < 4.78 is 0. The monoisotopic (exact) mass is 354 g/mol. The van der Waals surface area contributed by atoms with Gasteiger partial charge in [0.25, 0.3) is 0 Å². The third-order valence-corrected chi connectivity index (χ3v) is 4.37. The van der Waals surface area contributed by atoms with Crippen LogP contribution in [-0.2, 0) is 17.8 Å². The summed E-state index contributed by atoms with van der Waals surface area (Å²) in [5.74, 6) is 1.67. The molecule has 0 radical (unpaired) electrons. The van der Waals surface area contributed by atoms with Crippen LogP contribution in [0.3, 0.4) is 0 Å². The first-order valence-corrected chi connectivity index (χ1v) is 9.16. The van der Waals surface area contributed by atoms with Crippen molar-refractivity contribution in [3.63, 3.8) is 0 Å². The molecule has 1 atom stereocenters. The fourth-order valence-corrected chi connectivity index (χ4v) is 3.10. The molecule has 7 heteroatoms. The van der Waals surface area contributed by atoms with Gasteiger partial charge in [0.05, 0.1) is 12.2 Å². The van der Waals surface area contributed by atoms with Crippen LogP contribution < -0.4 is 15.5 Å². The number of piperazine rings is 1. The van der Waals surface area contributed by atoms with Gasteiger partial charge in [-0.15, -0.1) is 0 Å². The number of aryl methyl sites for hydroxylation is 2. The fourth-order valence-electron chi connectivity index (χ4n) is 3.10. The first kappa shape index (κ1) is 18.3. The van der Waals surface area contributed by atoms with Crippen molar-refractivity contribution in [2.24, 2.45) is 0 Å². The van der Waals surface area contributed by atoms with Crippen molar-refractivity contribution < 1.29 is 4.79 Å². The number of carbonyl (C=O) groups excluding carboxylic acids is 1. The van der Waals surface area contributed by atoms with Crippen LogP contribution in [0.2, 0.25) is 0 Å². The van der Waals surface area contributed by atoms with Crippen LogP contribution in [0.4, 0.5) is 5.82 Å². The minimum atomic E-state index is -0.266. The molecule has 1 aliphatic rings. The van der Waals surface area contributed by atoms with Gasteiger partial charge < -0.3 is 15.5 Å². The van der Waals surface area contributed by atoms with Gasteiger partial charge in [-0.1, -0.05) is 19.4 Å². The predicted molar refractivity (Wildman–Crippen MR) is 101 cm³/mol. The molecule has 26 heavy (non-hydrogen) atoms. The second kappa shape index (κ2) is 8.71. The standard InChI is InChI=1S/C19H26N6O/c1-3-6-15-11-18(24-14(2)23-15)25-10-9-21-17(13-25)19(26)22-12-16-7-4-5-8-20-16/h4-5,7-8,11,17,21H,3,6,9-10,12-13H2,1-2H3,(H,22,26). The van der Waals surface area contributed by atoms with E-state index in [2.05, 4.69) is 37.4 Å². The summed E-state index contributed by atoms with van der Waals surface area (Å²) >= 11 is 0. The van der Waals surface area contributed by atoms with E-state index < -0.39 is 0 Å². The van der Waals surface area contributed by atoms with E-state index in [9.17, 15) is 4.79 Å². The van der Waals surface area contributed by atoms with E-state index >= 15 is 0 Å². The zero-order valence-electron chi connectivity index (χ0n) is 15.4. The molecule has 2 aromatic rings. The Bertz CT molecular complexity index is 736. The molecule has 0 aliphatic carbocycles. The lowest BCUT2D eigenvalue weighted by molar-refractivity contribution is -0.123. The SMILES string of the molecule is CCCc1cc(N2CCNC(C(=O)NCc3ccccn3)C2)nc(C)n1. The van der Waals surface area contributed by atoms with Crippen molar-refractivity contribution in [3.8, 4) is 0 Å². The normalized spacial score (nSPS) is 17.2. The molecule has 2 N–H and O–H groups in total. The molecule has 0 bridgehead atoms. The van der Waals surface area contributed by atoms with Crippen molar-refractivity contribution >= 4 is 11.7 Å². The Balaban J connectivity index is 1.62. The molecule has 2 aromatic heterocycles. The maximum atomic E-state index is 12.5. The van der Waals surface area contributed by atoms with E-state index in [0.29, 0.717) is 13.1 Å². The van der Waals surface area contributed by atoms with Crippen LogP contribution in [0.5, 0.6) is 0 Å². The van der Waals surface area contributed by atoms with Crippen LogP contribution in [0.25, 0.3) is 0 Å². The van der Waals surface area contributed by atoms with E-state index in [4.69, 9.17) is 0 Å². The predicted octanol–water partition coefficient (Wildman–Crippen LogP) is 1.23. The van der Waals surface area contributed by atoms with Crippen molar-refractivity contribution in [1.29, 1.82) is 0 Å². The number of amides is 1. The summed E-state index contributed by atoms with van der Waals surface area (Å²) in [6, 6.07) is 7.46. The van der Waals surface area contributed by atoms with Gasteiger partial charge in [-0.3, -0.25) is 9.78 Å². The average molecular weight is 354 g/mol. The highest BCUT2D eigenvalue weighted by Crippen LogP contribution is 2.16. The molecule has 138 valence electrons. The molecule has 3 rings (SSSR count). The van der Waals surface area contributed by atoms with Gasteiger partial charge in [-0.25, -0.2) is 9.97 Å². The number of nitrogens with one attached hydrogen (secondary N) is 2. The van der Waals surface area contributed by atoms with Crippen molar-refractivity contribution in [2.75, 3.05) is 24.5 Å². The largest absolute Gasteiger partial charge is 0.353 e. The molecule has 1 aliphatic heterocycles. The number of rotatable bonds is 6. The first-order chi connectivity index (χ1) is 12.7. The summed E-state index contributed by atoms with van der Waals surface area (Å²) in [6.45, 7) is 6.66. The Kier molecular flexibility index (Phi) is 6.12. The second-order valence-corrected chi connectivity index (χ2v) is 6.51. The lowest BCUT2D eigenvalue weighted by Gasteiger charge is -2.34. The maximum absolute atomic E-state index is 12.5. The highest BCUT2D eigenvalue weighted by molar-refractivity contribution is 5.82. The van der Waals surface area contributed by atoms with Gasteiger partial charge in [0.2, 0.25) is 5.91 Å². The molecule has 1 unspecified atom stereocenters. The molecule has 3 heterocycles. The first-order valence-electron chi connectivity index (χ1n) is 9.16. The lowest BCUT2D eigenvalue weighted by atomic mass is 10.1. The molecule has 1 saturated heterocycles. The fraction of sp³-hybridized carbons (Fsp3) is 0.474. The highest BCUT2D eigenvalue weighted by atomic mass is 16.2. The Morgan fingerprint density at radius 1 is 1.35 bits per heavy atom. The molecule has 1 amide bonds. The zero-order chi connectivity index (χ0) is 18.4. The molecule has 0 aromatic carbocycles. The van der Waals surface area contributed by atoms with Gasteiger partial charge >= 0.3 is 0 Å². The number of aromatic nitrogens is 3. The summed E-state index contributed by atoms with van der Waals surface area (Å²) in [5.41, 5.74) is 1.91. The van der Waals surface area contributed by atoms with Crippen molar-refractivity contribution in [1.82, 2.24) is 25.6 Å². The second-order valence-electron chi connectivity index (χ2n) is 6.51. The summed E-state index contributed by atoms with van der Waals surface area (Å²) in [6.07, 6.45) is 3.72. The summed E-state index contributed by atoms with van der Waals surface area (Å²) in [5, 5.41) is 6.25. The van der Waals surface area contributed by atoms with E-state index in [1.807, 2.05) is 31.2 Å². The molecular weight excluding hydrogens is 328 g/mol. The minimum Gasteiger partial charge on any atom is -0.353 e. The molecule has 7 nitrogen and oxygen atoms in total. The van der Waals surface area contributed by atoms with Crippen LogP contribution in [-0.4, -0.2) is 46.5 Å². The highest BCUT2D eigenvalue weighted by Gasteiger charge is 2.26. The van der Waals surface area contributed by atoms with Gasteiger partial charge in [0.1, 0.15) is 17.7 Å². The number of pyridine rings is 1. The van der Waals surface area contributed by atoms with Gasteiger partial charge in [0.15, 0.2) is 0 Å². The van der Waals surface area contributed by atoms with Crippen LogP contribution in [0.15, 0.2) is 30.5 Å². The molecule has 0 spiro atoms. The minimum absolute atomic E-state index is 0.0140. The molecule has 0 saturated carbocycles. The third kappa shape index (κ3) is 4.76. The van der Waals surface area contributed by atoms with Crippen LogP contribution in [0.1, 0.15) is 30.6 Å². The van der Waals surface area contributed by atoms with Gasteiger partial charge in [-0.05, 0) is 25.5 Å². The van der Waals surface area contributed by atoms with E-state index in [0.717, 1.165) is 49.0 Å². The smallest absolute Gasteiger partial charge is 0.239 e. The van der Waals surface area contributed by atoms with Gasteiger partial charge in [-0.2, -0.15) is 0 Å². The average Bonchev–Trinajstić information content (AvgIpc) is 2.67. The Hall–Kier alpha value is -2.54. The summed E-state index contributed by atoms with van der Waals surface area (Å²) in [7, 11) is 0. The van der Waals surface area contributed by atoms with Crippen LogP contribution in [0, 0.1) is 6.92 Å². The third-order valence-electron chi connectivity index (χ3n) is 4.37. The summed E-state index contributed by atoms with van der Waals surface area (Å²) in [4.78, 5) is 28.0. The molecule has 1 fully saturated rings. The Morgan fingerprint density at radius 3 is 3.00 bits per heavy atom. The van der Waals surface area contributed by atoms with Crippen molar-refractivity contribution in [2.45, 2.75) is 39.3 Å². The van der Waals surface area contributed by atoms with E-state index in [-0.39, 0.29) is 11.9 Å². The van der Waals surface area contributed by atoms with E-state index in [1.165, 1.54) is 0 Å². The topological polar surface area (TPSA) is 83.0 Å². The van der Waals surface area contributed by atoms with Crippen LogP contribution >= 0.6 is 0 Å².